The first-order valence-corrected chi connectivity index (χ1v) is 8.30. The lowest BCUT2D eigenvalue weighted by atomic mass is 10.2. The molecule has 6 nitrogen and oxygen atoms in total. The maximum Gasteiger partial charge on any atom is 0.342 e. The van der Waals surface area contributed by atoms with Crippen molar-refractivity contribution in [2.45, 2.75) is 13.0 Å². The van der Waals surface area contributed by atoms with Gasteiger partial charge in [0.05, 0.1) is 19.2 Å². The van der Waals surface area contributed by atoms with Gasteiger partial charge in [0.25, 0.3) is 5.91 Å². The molecule has 0 radical (unpaired) electrons. The molecule has 2 aromatic rings. The Hall–Kier alpha value is -2.44. The highest BCUT2D eigenvalue weighted by Gasteiger charge is 2.22. The zero-order valence-corrected chi connectivity index (χ0v) is 15.9. The average Bonchev–Trinajstić information content (AvgIpc) is 2.61. The predicted molar refractivity (Wildman–Crippen MR) is 99.5 cm³/mol. The van der Waals surface area contributed by atoms with Crippen molar-refractivity contribution in [1.82, 2.24) is 0 Å². The lowest BCUT2D eigenvalue weighted by Crippen LogP contribution is -2.30. The standard InChI is InChI=1S/C18H17Cl2NO5/c1-10(17(22)21-12-5-7-16(25-3)14(20)9-12)26-18(23)13-8-11(19)4-6-15(13)24-2/h4-10H,1-3H3,(H,21,22)/t10-/m0/s1. The number of rotatable bonds is 6. The topological polar surface area (TPSA) is 73.9 Å². The van der Waals surface area contributed by atoms with Crippen LogP contribution in [0.4, 0.5) is 5.69 Å². The SMILES string of the molecule is COc1ccc(NC(=O)[C@H](C)OC(=O)c2cc(Cl)ccc2OC)cc1Cl. The Labute approximate surface area is 160 Å². The first kappa shape index (κ1) is 19.9. The molecule has 26 heavy (non-hydrogen) atoms. The Morgan fingerprint density at radius 1 is 1.00 bits per heavy atom. The summed E-state index contributed by atoms with van der Waals surface area (Å²) in [5, 5.41) is 3.31. The normalized spacial score (nSPS) is 11.4. The van der Waals surface area contributed by atoms with Crippen LogP contribution in [0.5, 0.6) is 11.5 Å². The third kappa shape index (κ3) is 4.80. The van der Waals surface area contributed by atoms with Gasteiger partial charge in [-0.3, -0.25) is 4.79 Å². The van der Waals surface area contributed by atoms with Crippen LogP contribution in [-0.2, 0) is 9.53 Å². The van der Waals surface area contributed by atoms with Gasteiger partial charge in [-0.25, -0.2) is 4.79 Å². The first-order chi connectivity index (χ1) is 12.3. The van der Waals surface area contributed by atoms with Crippen molar-refractivity contribution >= 4 is 40.8 Å². The molecule has 1 N–H and O–H groups in total. The molecule has 0 bridgehead atoms. The predicted octanol–water partition coefficient (Wildman–Crippen LogP) is 4.19. The Kier molecular flexibility index (Phi) is 6.71. The van der Waals surface area contributed by atoms with E-state index in [4.69, 9.17) is 37.4 Å². The minimum absolute atomic E-state index is 0.132. The van der Waals surface area contributed by atoms with Gasteiger partial charge in [0.2, 0.25) is 0 Å². The molecule has 2 aromatic carbocycles. The van der Waals surface area contributed by atoms with Crippen molar-refractivity contribution < 1.29 is 23.8 Å². The number of esters is 1. The Bertz CT molecular complexity index is 825. The van der Waals surface area contributed by atoms with Crippen molar-refractivity contribution in [1.29, 1.82) is 0 Å². The van der Waals surface area contributed by atoms with Gasteiger partial charge in [-0.05, 0) is 43.3 Å². The van der Waals surface area contributed by atoms with Crippen molar-refractivity contribution in [3.63, 3.8) is 0 Å². The van der Waals surface area contributed by atoms with Gasteiger partial charge in [-0.2, -0.15) is 0 Å². The number of hydrogen-bond donors (Lipinski definition) is 1. The van der Waals surface area contributed by atoms with Crippen LogP contribution in [0.15, 0.2) is 36.4 Å². The van der Waals surface area contributed by atoms with Crippen molar-refractivity contribution in [3.8, 4) is 11.5 Å². The summed E-state index contributed by atoms with van der Waals surface area (Å²) in [6.07, 6.45) is -1.05. The fraction of sp³-hybridized carbons (Fsp3) is 0.222. The Balaban J connectivity index is 2.06. The number of hydrogen-bond acceptors (Lipinski definition) is 5. The monoisotopic (exact) mass is 397 g/mol. The number of carbonyl (C=O) groups is 2. The lowest BCUT2D eigenvalue weighted by molar-refractivity contribution is -0.123. The van der Waals surface area contributed by atoms with Crippen LogP contribution in [0.2, 0.25) is 10.0 Å². The molecule has 8 heteroatoms. The quantitative estimate of drug-likeness (QED) is 0.739. The van der Waals surface area contributed by atoms with Crippen LogP contribution >= 0.6 is 23.2 Å². The number of amides is 1. The third-order valence-electron chi connectivity index (χ3n) is 3.45. The number of methoxy groups -OCH3 is 2. The van der Waals surface area contributed by atoms with Gasteiger partial charge in [-0.15, -0.1) is 0 Å². The Morgan fingerprint density at radius 2 is 1.65 bits per heavy atom. The molecule has 0 unspecified atom stereocenters. The van der Waals surface area contributed by atoms with Gasteiger partial charge in [-0.1, -0.05) is 23.2 Å². The van der Waals surface area contributed by atoms with E-state index in [-0.39, 0.29) is 5.56 Å². The van der Waals surface area contributed by atoms with E-state index in [0.717, 1.165) is 0 Å². The zero-order chi connectivity index (χ0) is 19.3. The van der Waals surface area contributed by atoms with Crippen molar-refractivity contribution in [2.75, 3.05) is 19.5 Å². The first-order valence-electron chi connectivity index (χ1n) is 7.54. The molecule has 0 aliphatic heterocycles. The molecule has 0 aliphatic carbocycles. The minimum Gasteiger partial charge on any atom is -0.496 e. The van der Waals surface area contributed by atoms with E-state index in [9.17, 15) is 9.59 Å². The second-order valence-electron chi connectivity index (χ2n) is 5.23. The molecule has 0 saturated heterocycles. The number of nitrogens with one attached hydrogen (secondary N) is 1. The number of anilines is 1. The van der Waals surface area contributed by atoms with Gasteiger partial charge < -0.3 is 19.5 Å². The van der Waals surface area contributed by atoms with Crippen LogP contribution in [-0.4, -0.2) is 32.2 Å². The summed E-state index contributed by atoms with van der Waals surface area (Å²) in [5.74, 6) is -0.452. The lowest BCUT2D eigenvalue weighted by Gasteiger charge is -2.15. The fourth-order valence-corrected chi connectivity index (χ4v) is 2.54. The summed E-state index contributed by atoms with van der Waals surface area (Å²) in [6.45, 7) is 1.45. The highest BCUT2D eigenvalue weighted by molar-refractivity contribution is 6.32. The van der Waals surface area contributed by atoms with E-state index < -0.39 is 18.0 Å². The maximum atomic E-state index is 12.3. The largest absolute Gasteiger partial charge is 0.496 e. The van der Waals surface area contributed by atoms with Crippen LogP contribution in [0, 0.1) is 0 Å². The van der Waals surface area contributed by atoms with E-state index >= 15 is 0 Å². The van der Waals surface area contributed by atoms with Gasteiger partial charge >= 0.3 is 5.97 Å². The third-order valence-corrected chi connectivity index (χ3v) is 3.98. The zero-order valence-electron chi connectivity index (χ0n) is 14.3. The summed E-state index contributed by atoms with van der Waals surface area (Å²) < 4.78 is 15.4. The molecule has 2 rings (SSSR count). The molecule has 0 aromatic heterocycles. The highest BCUT2D eigenvalue weighted by Crippen LogP contribution is 2.27. The van der Waals surface area contributed by atoms with E-state index in [1.165, 1.54) is 33.3 Å². The summed E-state index contributed by atoms with van der Waals surface area (Å²) in [4.78, 5) is 24.5. The number of benzene rings is 2. The van der Waals surface area contributed by atoms with Crippen LogP contribution < -0.4 is 14.8 Å². The van der Waals surface area contributed by atoms with E-state index in [0.29, 0.717) is 27.2 Å². The fourth-order valence-electron chi connectivity index (χ4n) is 2.11. The molecular weight excluding hydrogens is 381 g/mol. The molecule has 138 valence electrons. The maximum absolute atomic E-state index is 12.3. The molecule has 0 fully saturated rings. The second-order valence-corrected chi connectivity index (χ2v) is 6.07. The number of carbonyl (C=O) groups excluding carboxylic acids is 2. The average molecular weight is 398 g/mol. The molecule has 1 atom stereocenters. The molecular formula is C18H17Cl2NO5. The van der Waals surface area contributed by atoms with E-state index in [1.54, 1.807) is 24.3 Å². The van der Waals surface area contributed by atoms with E-state index in [2.05, 4.69) is 5.32 Å². The molecule has 1 amide bonds. The van der Waals surface area contributed by atoms with E-state index in [1.807, 2.05) is 0 Å². The summed E-state index contributed by atoms with van der Waals surface area (Å²) >= 11 is 11.9. The number of ether oxygens (including phenoxy) is 3. The van der Waals surface area contributed by atoms with Gasteiger partial charge in [0.1, 0.15) is 17.1 Å². The molecule has 0 saturated carbocycles. The summed E-state index contributed by atoms with van der Waals surface area (Å²) in [7, 11) is 2.91. The summed E-state index contributed by atoms with van der Waals surface area (Å²) in [6, 6.07) is 9.32. The highest BCUT2D eigenvalue weighted by atomic mass is 35.5. The second kappa shape index (κ2) is 8.78. The minimum atomic E-state index is -1.05. The van der Waals surface area contributed by atoms with Crippen LogP contribution in [0.3, 0.4) is 0 Å². The van der Waals surface area contributed by atoms with Gasteiger partial charge in [0, 0.05) is 10.7 Å². The smallest absolute Gasteiger partial charge is 0.342 e. The molecule has 0 heterocycles. The number of halogens is 2. The summed E-state index contributed by atoms with van der Waals surface area (Å²) in [5.41, 5.74) is 0.580. The van der Waals surface area contributed by atoms with Gasteiger partial charge in [0.15, 0.2) is 6.10 Å². The Morgan fingerprint density at radius 3 is 2.27 bits per heavy atom. The molecule has 0 spiro atoms. The molecule has 0 aliphatic rings. The van der Waals surface area contributed by atoms with Crippen LogP contribution in [0.1, 0.15) is 17.3 Å². The van der Waals surface area contributed by atoms with Crippen LogP contribution in [0.25, 0.3) is 0 Å². The van der Waals surface area contributed by atoms with Crippen molar-refractivity contribution in [3.05, 3.63) is 52.0 Å². The van der Waals surface area contributed by atoms with Crippen molar-refractivity contribution in [2.24, 2.45) is 0 Å².